The van der Waals surface area contributed by atoms with Crippen LogP contribution in [-0.4, -0.2) is 43.7 Å². The number of halogens is 1. The molecule has 2 heterocycles. The normalized spacial score (nSPS) is 14.4. The lowest BCUT2D eigenvalue weighted by Crippen LogP contribution is -2.53. The third-order valence-corrected chi connectivity index (χ3v) is 7.58. The number of carbonyl (C=O) groups excluding carboxylic acids is 2. The van der Waals surface area contributed by atoms with E-state index in [-0.39, 0.29) is 23.1 Å². The fourth-order valence-electron chi connectivity index (χ4n) is 5.46. The van der Waals surface area contributed by atoms with E-state index < -0.39 is 23.4 Å². The van der Waals surface area contributed by atoms with Crippen LogP contribution in [-0.2, 0) is 4.79 Å². The van der Waals surface area contributed by atoms with E-state index in [1.807, 2.05) is 32.9 Å². The number of rotatable bonds is 7. The summed E-state index contributed by atoms with van der Waals surface area (Å²) in [6, 6.07) is 15.6. The Morgan fingerprint density at radius 1 is 1.05 bits per heavy atom. The maximum absolute atomic E-state index is 14.5. The molecule has 9 nitrogen and oxygen atoms in total. The molecule has 1 aromatic heterocycles. The summed E-state index contributed by atoms with van der Waals surface area (Å²) < 4.78 is 31.0. The van der Waals surface area contributed by atoms with Crippen LogP contribution < -0.4 is 30.2 Å². The van der Waals surface area contributed by atoms with Gasteiger partial charge in [0, 0.05) is 30.4 Å². The van der Waals surface area contributed by atoms with Crippen molar-refractivity contribution >= 4 is 23.3 Å². The van der Waals surface area contributed by atoms with Gasteiger partial charge in [0.1, 0.15) is 28.4 Å². The first kappa shape index (κ1) is 29.5. The van der Waals surface area contributed by atoms with Crippen LogP contribution in [0.15, 0.2) is 66.9 Å². The highest BCUT2D eigenvalue weighted by Gasteiger charge is 2.40. The van der Waals surface area contributed by atoms with E-state index in [9.17, 15) is 14.0 Å². The lowest BCUT2D eigenvalue weighted by atomic mass is 9.85. The Morgan fingerprint density at radius 3 is 2.51 bits per heavy atom. The van der Waals surface area contributed by atoms with Crippen LogP contribution in [0.5, 0.6) is 17.4 Å². The highest BCUT2D eigenvalue weighted by atomic mass is 19.1. The number of likely N-dealkylation sites (N-methyl/N-ethyl adjacent to an activating group) is 1. The lowest BCUT2D eigenvalue weighted by molar-refractivity contribution is -0.121. The molecule has 0 spiro atoms. The monoisotopic (exact) mass is 584 g/mol. The first-order valence-electron chi connectivity index (χ1n) is 13.6. The summed E-state index contributed by atoms with van der Waals surface area (Å²) in [5.74, 6) is -0.442. The number of aryl methyl sites for hydroxylation is 1. The predicted molar refractivity (Wildman–Crippen MR) is 162 cm³/mol. The summed E-state index contributed by atoms with van der Waals surface area (Å²) in [6.07, 6.45) is 1.52. The molecule has 222 valence electrons. The molecule has 1 unspecified atom stereocenters. The topological polar surface area (TPSA) is 116 Å². The molecular weight excluding hydrogens is 551 g/mol. The first-order chi connectivity index (χ1) is 20.5. The number of carbonyl (C=O) groups is 2. The zero-order valence-electron chi connectivity index (χ0n) is 24.8. The van der Waals surface area contributed by atoms with Crippen molar-refractivity contribution in [3.63, 3.8) is 0 Å². The second-order valence-corrected chi connectivity index (χ2v) is 10.8. The zero-order chi connectivity index (χ0) is 31.1. The Morgan fingerprint density at radius 2 is 1.79 bits per heavy atom. The van der Waals surface area contributed by atoms with E-state index in [2.05, 4.69) is 10.3 Å². The number of anilines is 2. The molecule has 1 aliphatic heterocycles. The average molecular weight is 585 g/mol. The Hall–Kier alpha value is -4.96. The molecule has 43 heavy (non-hydrogen) atoms. The van der Waals surface area contributed by atoms with Crippen LogP contribution in [0.1, 0.15) is 46.9 Å². The Kier molecular flexibility index (Phi) is 7.81. The van der Waals surface area contributed by atoms with E-state index in [4.69, 9.17) is 19.9 Å². The standard InChI is InChI=1S/C33H33FN4O5/c1-18-9-10-19(34)16-24(18)28(35)27-22(13-14-25-29(27)38(4)32(40)33(2,3)37-25)21-12-11-20(17-26(21)41-5)43-31(39)23-8-7-15-36-30(23)42-6/h7-17,28,37H,35H2,1-6H3. The Labute approximate surface area is 249 Å². The van der Waals surface area contributed by atoms with E-state index in [1.54, 1.807) is 48.3 Å². The molecule has 0 fully saturated rings. The van der Waals surface area contributed by atoms with Gasteiger partial charge in [-0.15, -0.1) is 0 Å². The van der Waals surface area contributed by atoms with Crippen molar-refractivity contribution in [1.82, 2.24) is 4.98 Å². The Bertz CT molecular complexity index is 1740. The minimum absolute atomic E-state index is 0.145. The van der Waals surface area contributed by atoms with Crippen LogP contribution in [0, 0.1) is 12.7 Å². The fraction of sp³-hybridized carbons (Fsp3) is 0.242. The number of nitrogens with two attached hydrogens (primary N) is 1. The number of ether oxygens (including phenoxy) is 3. The molecule has 1 aliphatic rings. The number of benzene rings is 3. The van der Waals surface area contributed by atoms with E-state index >= 15 is 0 Å². The summed E-state index contributed by atoms with van der Waals surface area (Å²) in [5.41, 5.74) is 10.8. The van der Waals surface area contributed by atoms with Crippen molar-refractivity contribution < 1.29 is 28.2 Å². The molecule has 0 radical (unpaired) electrons. The van der Waals surface area contributed by atoms with Crippen LogP contribution >= 0.6 is 0 Å². The minimum Gasteiger partial charge on any atom is -0.496 e. The second kappa shape index (κ2) is 11.4. The molecule has 4 aromatic rings. The van der Waals surface area contributed by atoms with Crippen LogP contribution in [0.2, 0.25) is 0 Å². The van der Waals surface area contributed by atoms with Crippen LogP contribution in [0.25, 0.3) is 11.1 Å². The van der Waals surface area contributed by atoms with E-state index in [1.165, 1.54) is 32.5 Å². The highest BCUT2D eigenvalue weighted by molar-refractivity contribution is 6.09. The van der Waals surface area contributed by atoms with Gasteiger partial charge in [0.25, 0.3) is 5.91 Å². The number of esters is 1. The molecule has 1 atom stereocenters. The van der Waals surface area contributed by atoms with Gasteiger partial charge in [0.05, 0.1) is 31.6 Å². The molecule has 0 bridgehead atoms. The number of pyridine rings is 1. The van der Waals surface area contributed by atoms with Gasteiger partial charge in [-0.2, -0.15) is 0 Å². The summed E-state index contributed by atoms with van der Waals surface area (Å²) in [7, 11) is 4.63. The second-order valence-electron chi connectivity index (χ2n) is 10.8. The number of amides is 1. The summed E-state index contributed by atoms with van der Waals surface area (Å²) in [5, 5.41) is 3.33. The molecular formula is C33H33FN4O5. The zero-order valence-corrected chi connectivity index (χ0v) is 24.8. The van der Waals surface area contributed by atoms with Gasteiger partial charge in [0.15, 0.2) is 0 Å². The van der Waals surface area contributed by atoms with E-state index in [0.717, 1.165) is 5.56 Å². The number of methoxy groups -OCH3 is 2. The summed E-state index contributed by atoms with van der Waals surface area (Å²) in [6.45, 7) is 5.48. The first-order valence-corrected chi connectivity index (χ1v) is 13.6. The number of fused-ring (bicyclic) bond motifs is 1. The van der Waals surface area contributed by atoms with Crippen molar-refractivity contribution in [2.75, 3.05) is 31.5 Å². The van der Waals surface area contributed by atoms with Gasteiger partial charge in [-0.25, -0.2) is 14.2 Å². The minimum atomic E-state index is -0.848. The van der Waals surface area contributed by atoms with Crippen LogP contribution in [0.3, 0.4) is 0 Å². The third-order valence-electron chi connectivity index (χ3n) is 7.58. The smallest absolute Gasteiger partial charge is 0.349 e. The van der Waals surface area contributed by atoms with Crippen molar-refractivity contribution in [2.24, 2.45) is 5.73 Å². The van der Waals surface area contributed by atoms with Gasteiger partial charge in [0.2, 0.25) is 5.88 Å². The molecule has 0 aliphatic carbocycles. The summed E-state index contributed by atoms with van der Waals surface area (Å²) in [4.78, 5) is 31.9. The fourth-order valence-corrected chi connectivity index (χ4v) is 5.46. The van der Waals surface area contributed by atoms with Gasteiger partial charge in [-0.3, -0.25) is 4.79 Å². The third kappa shape index (κ3) is 5.37. The number of hydrogen-bond acceptors (Lipinski definition) is 8. The molecule has 0 saturated heterocycles. The predicted octanol–water partition coefficient (Wildman–Crippen LogP) is 5.65. The molecule has 10 heteroatoms. The molecule has 3 aromatic carbocycles. The van der Waals surface area contributed by atoms with Crippen LogP contribution in [0.4, 0.5) is 15.8 Å². The number of aromatic nitrogens is 1. The average Bonchev–Trinajstić information content (AvgIpc) is 3.00. The number of nitrogens with one attached hydrogen (secondary N) is 1. The Balaban J connectivity index is 1.65. The van der Waals surface area contributed by atoms with Gasteiger partial charge in [-0.05, 0) is 79.9 Å². The largest absolute Gasteiger partial charge is 0.496 e. The van der Waals surface area contributed by atoms with Crippen molar-refractivity contribution in [3.8, 4) is 28.5 Å². The maximum atomic E-state index is 14.5. The number of nitrogens with zero attached hydrogens (tertiary/aromatic N) is 2. The van der Waals surface area contributed by atoms with Gasteiger partial charge >= 0.3 is 5.97 Å². The van der Waals surface area contributed by atoms with Crippen molar-refractivity contribution in [2.45, 2.75) is 32.4 Å². The van der Waals surface area contributed by atoms with Gasteiger partial charge in [-0.1, -0.05) is 12.1 Å². The molecule has 1 amide bonds. The molecule has 3 N–H and O–H groups in total. The molecule has 0 saturated carbocycles. The SMILES string of the molecule is COc1cc(OC(=O)c2cccnc2OC)ccc1-c1ccc2c(c1C(N)c1cc(F)ccc1C)N(C)C(=O)C(C)(C)N2. The summed E-state index contributed by atoms with van der Waals surface area (Å²) >= 11 is 0. The number of hydrogen-bond donors (Lipinski definition) is 2. The maximum Gasteiger partial charge on any atom is 0.349 e. The van der Waals surface area contributed by atoms with E-state index in [0.29, 0.717) is 39.4 Å². The van der Waals surface area contributed by atoms with Crippen molar-refractivity contribution in [1.29, 1.82) is 0 Å². The van der Waals surface area contributed by atoms with Crippen molar-refractivity contribution in [3.05, 3.63) is 94.9 Å². The lowest BCUT2D eigenvalue weighted by Gasteiger charge is -2.40. The quantitative estimate of drug-likeness (QED) is 0.212. The molecule has 5 rings (SSSR count). The van der Waals surface area contributed by atoms with Gasteiger partial charge < -0.3 is 30.2 Å². The highest BCUT2D eigenvalue weighted by Crippen LogP contribution is 2.48.